The van der Waals surface area contributed by atoms with Crippen LogP contribution in [0.3, 0.4) is 0 Å². The van der Waals surface area contributed by atoms with Crippen molar-refractivity contribution in [2.24, 2.45) is 5.92 Å². The summed E-state index contributed by atoms with van der Waals surface area (Å²) in [6.45, 7) is 2.52. The lowest BCUT2D eigenvalue weighted by molar-refractivity contribution is -0.150. The third-order valence-electron chi connectivity index (χ3n) is 4.66. The van der Waals surface area contributed by atoms with Gasteiger partial charge in [-0.05, 0) is 49.4 Å². The highest BCUT2D eigenvalue weighted by molar-refractivity contribution is 5.96. The fourth-order valence-electron chi connectivity index (χ4n) is 3.25. The van der Waals surface area contributed by atoms with Crippen LogP contribution in [-0.4, -0.2) is 40.0 Å². The molecular weight excluding hydrogens is 299 g/mol. The summed E-state index contributed by atoms with van der Waals surface area (Å²) in [5, 5.41) is 9.95. The Kier molecular flexibility index (Phi) is 4.07. The van der Waals surface area contributed by atoms with E-state index < -0.39 is 11.9 Å². The molecule has 2 aromatic rings. The van der Waals surface area contributed by atoms with Gasteiger partial charge in [0.2, 0.25) is 5.91 Å². The highest BCUT2D eigenvalue weighted by Crippen LogP contribution is 2.33. The Bertz CT molecular complexity index is 747. The number of aromatic nitrogens is 1. The van der Waals surface area contributed by atoms with Gasteiger partial charge >= 0.3 is 5.97 Å². The maximum absolute atomic E-state index is 13.3. The van der Waals surface area contributed by atoms with Gasteiger partial charge in [0.1, 0.15) is 11.7 Å². The number of H-pyrrole nitrogens is 1. The topological polar surface area (TPSA) is 73.4 Å². The third-order valence-corrected chi connectivity index (χ3v) is 4.66. The molecule has 0 aliphatic carbocycles. The van der Waals surface area contributed by atoms with E-state index in [1.54, 1.807) is 11.0 Å². The Morgan fingerprint density at radius 3 is 2.70 bits per heavy atom. The molecule has 1 atom stereocenters. The van der Waals surface area contributed by atoms with Crippen molar-refractivity contribution >= 4 is 22.8 Å². The maximum atomic E-state index is 13.3. The molecule has 0 spiro atoms. The quantitative estimate of drug-likeness (QED) is 0.855. The maximum Gasteiger partial charge on any atom is 0.315 e. The summed E-state index contributed by atoms with van der Waals surface area (Å²) < 4.78 is 13.3. The van der Waals surface area contributed by atoms with Gasteiger partial charge in [-0.15, -0.1) is 0 Å². The fourth-order valence-corrected chi connectivity index (χ4v) is 3.25. The second-order valence-corrected chi connectivity index (χ2v) is 6.09. The first-order valence-corrected chi connectivity index (χ1v) is 7.75. The number of aromatic amines is 1. The van der Waals surface area contributed by atoms with Crippen molar-refractivity contribution in [2.75, 3.05) is 13.1 Å². The van der Waals surface area contributed by atoms with Crippen LogP contribution in [0.5, 0.6) is 0 Å². The highest BCUT2D eigenvalue weighted by Gasteiger charge is 2.30. The number of aliphatic carboxylic acids is 1. The van der Waals surface area contributed by atoms with Crippen LogP contribution in [0, 0.1) is 11.7 Å². The number of amides is 1. The Morgan fingerprint density at radius 2 is 2.04 bits per heavy atom. The Labute approximate surface area is 133 Å². The van der Waals surface area contributed by atoms with Gasteiger partial charge in [-0.1, -0.05) is 0 Å². The largest absolute Gasteiger partial charge is 0.481 e. The summed E-state index contributed by atoms with van der Waals surface area (Å²) in [5.74, 6) is -2.39. The number of nitrogens with one attached hydrogen (secondary N) is 1. The summed E-state index contributed by atoms with van der Waals surface area (Å²) in [7, 11) is 0. The summed E-state index contributed by atoms with van der Waals surface area (Å²) >= 11 is 0. The van der Waals surface area contributed by atoms with Gasteiger partial charge in [-0.2, -0.15) is 0 Å². The number of carboxylic acids is 1. The number of benzene rings is 1. The van der Waals surface area contributed by atoms with Gasteiger partial charge in [0, 0.05) is 30.2 Å². The number of nitrogens with zero attached hydrogens (tertiary/aromatic N) is 1. The van der Waals surface area contributed by atoms with E-state index in [1.807, 2.05) is 6.20 Å². The number of likely N-dealkylation sites (tertiary alicyclic amines) is 1. The zero-order valence-electron chi connectivity index (χ0n) is 12.9. The standard InChI is InChI=1S/C17H19FN2O3/c1-10(17(22)23)16(21)20-6-4-11(5-7-20)14-9-19-15-8-12(18)2-3-13(14)15/h2-3,8-11,19H,4-7H2,1H3,(H,22,23). The van der Waals surface area contributed by atoms with Gasteiger partial charge in [0.15, 0.2) is 0 Å². The minimum absolute atomic E-state index is 0.269. The second-order valence-electron chi connectivity index (χ2n) is 6.09. The van der Waals surface area contributed by atoms with E-state index in [1.165, 1.54) is 19.1 Å². The molecule has 1 amide bonds. The minimum Gasteiger partial charge on any atom is -0.481 e. The molecule has 6 heteroatoms. The number of carbonyl (C=O) groups excluding carboxylic acids is 1. The van der Waals surface area contributed by atoms with Crippen LogP contribution in [0.1, 0.15) is 31.2 Å². The van der Waals surface area contributed by atoms with Crippen molar-refractivity contribution in [3.63, 3.8) is 0 Å². The molecule has 2 N–H and O–H groups in total. The Hall–Kier alpha value is -2.37. The molecule has 23 heavy (non-hydrogen) atoms. The van der Waals surface area contributed by atoms with Crippen LogP contribution in [0.4, 0.5) is 4.39 Å². The first-order valence-electron chi connectivity index (χ1n) is 7.75. The molecule has 2 heterocycles. The number of halogens is 1. The normalized spacial score (nSPS) is 17.4. The van der Waals surface area contributed by atoms with Gasteiger partial charge in [-0.3, -0.25) is 9.59 Å². The second kappa shape index (κ2) is 6.02. The number of hydrogen-bond acceptors (Lipinski definition) is 2. The van der Waals surface area contributed by atoms with Gasteiger partial charge < -0.3 is 15.0 Å². The molecule has 1 fully saturated rings. The molecule has 5 nitrogen and oxygen atoms in total. The summed E-state index contributed by atoms with van der Waals surface area (Å²) in [4.78, 5) is 27.7. The number of fused-ring (bicyclic) bond motifs is 1. The van der Waals surface area contributed by atoms with E-state index >= 15 is 0 Å². The lowest BCUT2D eigenvalue weighted by Gasteiger charge is -2.33. The van der Waals surface area contributed by atoms with Crippen molar-refractivity contribution in [2.45, 2.75) is 25.7 Å². The first-order chi connectivity index (χ1) is 11.0. The number of carbonyl (C=O) groups is 2. The fraction of sp³-hybridized carbons (Fsp3) is 0.412. The molecule has 1 unspecified atom stereocenters. The van der Waals surface area contributed by atoms with E-state index in [9.17, 15) is 14.0 Å². The van der Waals surface area contributed by atoms with E-state index in [0.717, 1.165) is 29.3 Å². The van der Waals surface area contributed by atoms with Gasteiger partial charge in [0.25, 0.3) is 0 Å². The molecule has 3 rings (SSSR count). The molecule has 1 aliphatic rings. The van der Waals surface area contributed by atoms with Crippen LogP contribution >= 0.6 is 0 Å². The minimum atomic E-state index is -1.09. The molecule has 0 radical (unpaired) electrons. The first kappa shape index (κ1) is 15.5. The van der Waals surface area contributed by atoms with Crippen LogP contribution in [-0.2, 0) is 9.59 Å². The van der Waals surface area contributed by atoms with Gasteiger partial charge in [0.05, 0.1) is 0 Å². The highest BCUT2D eigenvalue weighted by atomic mass is 19.1. The van der Waals surface area contributed by atoms with Crippen LogP contribution in [0.25, 0.3) is 10.9 Å². The molecule has 1 aromatic carbocycles. The SMILES string of the molecule is CC(C(=O)O)C(=O)N1CCC(c2c[nH]c3cc(F)ccc23)CC1. The summed E-state index contributed by atoms with van der Waals surface area (Å²) in [6.07, 6.45) is 3.47. The molecule has 122 valence electrons. The lowest BCUT2D eigenvalue weighted by atomic mass is 9.89. The molecule has 1 aromatic heterocycles. The zero-order valence-corrected chi connectivity index (χ0v) is 12.9. The summed E-state index contributed by atoms with van der Waals surface area (Å²) in [5.41, 5.74) is 1.91. The Balaban J connectivity index is 1.71. The summed E-state index contributed by atoms with van der Waals surface area (Å²) in [6, 6.07) is 4.71. The monoisotopic (exact) mass is 318 g/mol. The van der Waals surface area contributed by atoms with E-state index in [0.29, 0.717) is 19.0 Å². The van der Waals surface area contributed by atoms with Crippen molar-refractivity contribution in [1.29, 1.82) is 0 Å². The van der Waals surface area contributed by atoms with Crippen molar-refractivity contribution in [3.8, 4) is 0 Å². The van der Waals surface area contributed by atoms with Crippen molar-refractivity contribution < 1.29 is 19.1 Å². The van der Waals surface area contributed by atoms with Crippen LogP contribution in [0.2, 0.25) is 0 Å². The molecule has 1 saturated heterocycles. The number of carboxylic acid groups (broad SMARTS) is 1. The number of rotatable bonds is 3. The zero-order chi connectivity index (χ0) is 16.6. The van der Waals surface area contributed by atoms with E-state index in [2.05, 4.69) is 4.98 Å². The molecular formula is C17H19FN2O3. The lowest BCUT2D eigenvalue weighted by Crippen LogP contribution is -2.42. The van der Waals surface area contributed by atoms with Crippen LogP contribution < -0.4 is 0 Å². The van der Waals surface area contributed by atoms with E-state index in [4.69, 9.17) is 5.11 Å². The predicted molar refractivity (Wildman–Crippen MR) is 83.6 cm³/mol. The third kappa shape index (κ3) is 2.93. The van der Waals surface area contributed by atoms with Crippen LogP contribution in [0.15, 0.2) is 24.4 Å². The average molecular weight is 318 g/mol. The van der Waals surface area contributed by atoms with Gasteiger partial charge in [-0.25, -0.2) is 4.39 Å². The Morgan fingerprint density at radius 1 is 1.35 bits per heavy atom. The van der Waals surface area contributed by atoms with Crippen molar-refractivity contribution in [1.82, 2.24) is 9.88 Å². The number of hydrogen-bond donors (Lipinski definition) is 2. The average Bonchev–Trinajstić information content (AvgIpc) is 2.96. The molecule has 1 aliphatic heterocycles. The van der Waals surface area contributed by atoms with E-state index in [-0.39, 0.29) is 11.7 Å². The number of piperidine rings is 1. The van der Waals surface area contributed by atoms with Crippen molar-refractivity contribution in [3.05, 3.63) is 35.8 Å². The molecule has 0 bridgehead atoms. The smallest absolute Gasteiger partial charge is 0.315 e. The predicted octanol–water partition coefficient (Wildman–Crippen LogP) is 2.73. The molecule has 0 saturated carbocycles.